The molecule has 0 aliphatic rings. The zero-order chi connectivity index (χ0) is 13.3. The van der Waals surface area contributed by atoms with Gasteiger partial charge in [0.25, 0.3) is 0 Å². The van der Waals surface area contributed by atoms with Gasteiger partial charge in [-0.3, -0.25) is 0 Å². The van der Waals surface area contributed by atoms with Gasteiger partial charge in [0.2, 0.25) is 0 Å². The third-order valence-electron chi connectivity index (χ3n) is 2.09. The van der Waals surface area contributed by atoms with Gasteiger partial charge in [0.15, 0.2) is 4.34 Å². The molecule has 0 aliphatic carbocycles. The molecule has 19 heavy (non-hydrogen) atoms. The molecule has 0 fully saturated rings. The lowest BCUT2D eigenvalue weighted by molar-refractivity contribution is 0.344. The Balaban J connectivity index is 1.79. The van der Waals surface area contributed by atoms with Crippen LogP contribution in [-0.4, -0.2) is 29.1 Å². The van der Waals surface area contributed by atoms with Crippen LogP contribution in [0, 0.1) is 11.8 Å². The molecule has 0 bridgehead atoms. The van der Waals surface area contributed by atoms with Crippen molar-refractivity contribution in [3.8, 4) is 17.6 Å². The van der Waals surface area contributed by atoms with Crippen LogP contribution in [0.3, 0.4) is 0 Å². The summed E-state index contributed by atoms with van der Waals surface area (Å²) in [7, 11) is 0. The minimum atomic E-state index is 0.365. The van der Waals surface area contributed by atoms with E-state index >= 15 is 0 Å². The Morgan fingerprint density at radius 2 is 2.37 bits per heavy atom. The van der Waals surface area contributed by atoms with Crippen molar-refractivity contribution in [1.29, 1.82) is 0 Å². The molecule has 0 aliphatic heterocycles. The van der Waals surface area contributed by atoms with Gasteiger partial charge in [0.1, 0.15) is 11.3 Å². The first kappa shape index (κ1) is 13.9. The van der Waals surface area contributed by atoms with Crippen LogP contribution in [0.5, 0.6) is 5.75 Å². The molecule has 2 aromatic rings. The average Bonchev–Trinajstić information content (AvgIpc) is 2.95. The maximum atomic E-state index is 5.66. The summed E-state index contributed by atoms with van der Waals surface area (Å²) in [4.78, 5) is 0. The van der Waals surface area contributed by atoms with E-state index in [0.717, 1.165) is 21.4 Å². The van der Waals surface area contributed by atoms with Gasteiger partial charge >= 0.3 is 0 Å². The fourth-order valence-corrected chi connectivity index (χ4v) is 2.71. The van der Waals surface area contributed by atoms with Crippen molar-refractivity contribution in [1.82, 2.24) is 10.2 Å². The summed E-state index contributed by atoms with van der Waals surface area (Å²) < 4.78 is 6.63. The summed E-state index contributed by atoms with van der Waals surface area (Å²) in [5.41, 5.74) is 7.98. The van der Waals surface area contributed by atoms with E-state index in [0.29, 0.717) is 13.2 Å². The lowest BCUT2D eigenvalue weighted by atomic mass is 10.2. The molecular weight excluding hydrogens is 278 g/mol. The predicted molar refractivity (Wildman–Crippen MR) is 78.5 cm³/mol. The van der Waals surface area contributed by atoms with Gasteiger partial charge in [0.05, 0.1) is 13.2 Å². The van der Waals surface area contributed by atoms with Crippen LogP contribution in [0.4, 0.5) is 0 Å². The maximum Gasteiger partial charge on any atom is 0.174 e. The number of hydrogen-bond donors (Lipinski definition) is 1. The van der Waals surface area contributed by atoms with Crippen molar-refractivity contribution in [2.24, 2.45) is 5.73 Å². The molecule has 98 valence electrons. The van der Waals surface area contributed by atoms with E-state index in [9.17, 15) is 0 Å². The Morgan fingerprint density at radius 1 is 1.42 bits per heavy atom. The first-order valence-corrected chi connectivity index (χ1v) is 7.56. The van der Waals surface area contributed by atoms with Crippen LogP contribution in [0.15, 0.2) is 34.1 Å². The van der Waals surface area contributed by atoms with Crippen molar-refractivity contribution in [3.05, 3.63) is 35.3 Å². The van der Waals surface area contributed by atoms with Gasteiger partial charge in [-0.2, -0.15) is 0 Å². The molecule has 1 aromatic carbocycles. The van der Waals surface area contributed by atoms with E-state index in [2.05, 4.69) is 22.0 Å². The lowest BCUT2D eigenvalue weighted by Crippen LogP contribution is -2.00. The monoisotopic (exact) mass is 291 g/mol. The summed E-state index contributed by atoms with van der Waals surface area (Å²) in [6.45, 7) is 0.988. The molecule has 0 atom stereocenters. The number of hydrogen-bond acceptors (Lipinski definition) is 6. The molecule has 0 radical (unpaired) electrons. The topological polar surface area (TPSA) is 61.0 Å². The van der Waals surface area contributed by atoms with Gasteiger partial charge in [-0.1, -0.05) is 41.0 Å². The van der Waals surface area contributed by atoms with E-state index in [1.54, 1.807) is 17.3 Å². The number of benzene rings is 1. The second kappa shape index (κ2) is 7.79. The van der Waals surface area contributed by atoms with Crippen molar-refractivity contribution < 1.29 is 4.74 Å². The minimum absolute atomic E-state index is 0.365. The van der Waals surface area contributed by atoms with E-state index in [1.165, 1.54) is 11.3 Å². The van der Waals surface area contributed by atoms with Crippen LogP contribution in [0.25, 0.3) is 0 Å². The zero-order valence-corrected chi connectivity index (χ0v) is 11.8. The van der Waals surface area contributed by atoms with E-state index in [4.69, 9.17) is 10.5 Å². The Labute approximate surface area is 120 Å². The Kier molecular flexibility index (Phi) is 5.69. The molecule has 0 spiro atoms. The SMILES string of the molecule is NCC#Cc1cccc(OCCSc2nncs2)c1. The Hall–Kier alpha value is -1.55. The summed E-state index contributed by atoms with van der Waals surface area (Å²) in [5, 5.41) is 7.74. The maximum absolute atomic E-state index is 5.66. The van der Waals surface area contributed by atoms with Crippen molar-refractivity contribution in [2.45, 2.75) is 4.34 Å². The van der Waals surface area contributed by atoms with E-state index in [-0.39, 0.29) is 0 Å². The van der Waals surface area contributed by atoms with Gasteiger partial charge in [-0.05, 0) is 18.2 Å². The molecule has 0 amide bonds. The highest BCUT2D eigenvalue weighted by atomic mass is 32.2. The largest absolute Gasteiger partial charge is 0.493 e. The lowest BCUT2D eigenvalue weighted by Gasteiger charge is -2.05. The van der Waals surface area contributed by atoms with Crippen molar-refractivity contribution in [3.63, 3.8) is 0 Å². The molecule has 2 N–H and O–H groups in total. The molecule has 1 heterocycles. The molecular formula is C13H13N3OS2. The fraction of sp³-hybridized carbons (Fsp3) is 0.231. The normalized spacial score (nSPS) is 9.74. The van der Waals surface area contributed by atoms with Crippen LogP contribution < -0.4 is 10.5 Å². The first-order valence-electron chi connectivity index (χ1n) is 5.69. The second-order valence-corrected chi connectivity index (χ2v) is 5.61. The highest BCUT2D eigenvalue weighted by molar-refractivity contribution is 8.01. The number of aromatic nitrogens is 2. The Morgan fingerprint density at radius 3 is 3.16 bits per heavy atom. The molecule has 0 unspecified atom stereocenters. The van der Waals surface area contributed by atoms with Gasteiger partial charge in [0, 0.05) is 11.3 Å². The highest BCUT2D eigenvalue weighted by Crippen LogP contribution is 2.19. The third-order valence-corrected chi connectivity index (χ3v) is 3.91. The fourth-order valence-electron chi connectivity index (χ4n) is 1.33. The average molecular weight is 291 g/mol. The van der Waals surface area contributed by atoms with Crippen molar-refractivity contribution in [2.75, 3.05) is 18.9 Å². The first-order chi connectivity index (χ1) is 9.38. The van der Waals surface area contributed by atoms with Gasteiger partial charge in [-0.15, -0.1) is 10.2 Å². The van der Waals surface area contributed by atoms with Crippen LogP contribution in [0.1, 0.15) is 5.56 Å². The summed E-state index contributed by atoms with van der Waals surface area (Å²) in [6.07, 6.45) is 0. The smallest absolute Gasteiger partial charge is 0.174 e. The Bertz CT molecular complexity index is 561. The summed E-state index contributed by atoms with van der Waals surface area (Å²) in [6, 6.07) is 7.70. The summed E-state index contributed by atoms with van der Waals surface area (Å²) >= 11 is 3.18. The molecule has 1 aromatic heterocycles. The summed E-state index contributed by atoms with van der Waals surface area (Å²) in [5.74, 6) is 7.46. The molecule has 2 rings (SSSR count). The predicted octanol–water partition coefficient (Wildman–Crippen LogP) is 2.02. The third kappa shape index (κ3) is 4.91. The number of thioether (sulfide) groups is 1. The highest BCUT2D eigenvalue weighted by Gasteiger charge is 1.99. The molecule has 4 nitrogen and oxygen atoms in total. The number of nitrogens with zero attached hydrogens (tertiary/aromatic N) is 2. The standard InChI is InChI=1S/C13H13N3OS2/c14-6-2-4-11-3-1-5-12(9-11)17-7-8-18-13-16-15-10-19-13/h1,3,5,9-10H,6-8,14H2. The quantitative estimate of drug-likeness (QED) is 0.519. The van der Waals surface area contributed by atoms with E-state index in [1.807, 2.05) is 24.3 Å². The minimum Gasteiger partial charge on any atom is -0.493 e. The number of nitrogens with two attached hydrogens (primary N) is 1. The van der Waals surface area contributed by atoms with Crippen LogP contribution in [-0.2, 0) is 0 Å². The van der Waals surface area contributed by atoms with E-state index < -0.39 is 0 Å². The van der Waals surface area contributed by atoms with Crippen molar-refractivity contribution >= 4 is 23.1 Å². The van der Waals surface area contributed by atoms with Gasteiger partial charge < -0.3 is 10.5 Å². The van der Waals surface area contributed by atoms with Crippen LogP contribution in [0.2, 0.25) is 0 Å². The van der Waals surface area contributed by atoms with Crippen LogP contribution >= 0.6 is 23.1 Å². The number of rotatable bonds is 5. The molecule has 0 saturated carbocycles. The van der Waals surface area contributed by atoms with Gasteiger partial charge in [-0.25, -0.2) is 0 Å². The molecule has 6 heteroatoms. The second-order valence-electron chi connectivity index (χ2n) is 3.44. The molecule has 0 saturated heterocycles. The number of ether oxygens (including phenoxy) is 1. The zero-order valence-electron chi connectivity index (χ0n) is 10.2.